The van der Waals surface area contributed by atoms with Crippen LogP contribution in [0.4, 0.5) is 0 Å². The molecule has 0 radical (unpaired) electrons. The van der Waals surface area contributed by atoms with Crippen LogP contribution in [-0.2, 0) is 24.0 Å². The SMILES string of the molecule is CCC(=O)CN(CCN(CCN(CC(=O)NC)CC(=O)NCN)CC(=O)O)CC(=O)NCN. The number of carbonyl (C=O) groups excluding carboxylic acids is 4. The number of Topliss-reactive ketones (excluding diaryl/α,β-unsaturated/α-hetero) is 1. The van der Waals surface area contributed by atoms with Gasteiger partial charge in [0.1, 0.15) is 5.78 Å². The van der Waals surface area contributed by atoms with E-state index < -0.39 is 5.97 Å². The predicted molar refractivity (Wildman–Crippen MR) is 121 cm³/mol. The van der Waals surface area contributed by atoms with E-state index in [1.54, 1.807) is 21.6 Å². The van der Waals surface area contributed by atoms with Crippen molar-refractivity contribution in [2.75, 3.05) is 79.3 Å². The molecule has 0 rings (SSSR count). The molecule has 0 aliphatic heterocycles. The molecule has 0 saturated heterocycles. The molecular formula is C19H38N8O6. The Kier molecular flexibility index (Phi) is 16.4. The smallest absolute Gasteiger partial charge is 0.317 e. The molecule has 0 bridgehead atoms. The minimum absolute atomic E-state index is 0.0293. The zero-order valence-corrected chi connectivity index (χ0v) is 19.5. The maximum atomic E-state index is 11.9. The van der Waals surface area contributed by atoms with Crippen molar-refractivity contribution in [1.29, 1.82) is 0 Å². The molecule has 33 heavy (non-hydrogen) atoms. The average Bonchev–Trinajstić information content (AvgIpc) is 2.74. The molecule has 14 nitrogen and oxygen atoms in total. The number of hydrogen-bond donors (Lipinski definition) is 6. The van der Waals surface area contributed by atoms with Crippen LogP contribution in [0, 0.1) is 0 Å². The van der Waals surface area contributed by atoms with E-state index in [-0.39, 0.29) is 95.7 Å². The number of nitrogens with zero attached hydrogens (tertiary/aromatic N) is 3. The van der Waals surface area contributed by atoms with Crippen molar-refractivity contribution in [3.8, 4) is 0 Å². The molecule has 0 fully saturated rings. The summed E-state index contributed by atoms with van der Waals surface area (Å²) in [6, 6.07) is 0. The lowest BCUT2D eigenvalue weighted by Gasteiger charge is -2.28. The van der Waals surface area contributed by atoms with Gasteiger partial charge in [-0.3, -0.25) is 38.7 Å². The first-order valence-electron chi connectivity index (χ1n) is 10.7. The van der Waals surface area contributed by atoms with Crippen LogP contribution in [0.2, 0.25) is 0 Å². The van der Waals surface area contributed by atoms with Crippen LogP contribution in [0.1, 0.15) is 13.3 Å². The molecule has 0 aromatic heterocycles. The summed E-state index contributed by atoms with van der Waals surface area (Å²) in [7, 11) is 1.48. The molecule has 0 aliphatic carbocycles. The average molecular weight is 475 g/mol. The Bertz CT molecular complexity index is 602. The Balaban J connectivity index is 5.14. The highest BCUT2D eigenvalue weighted by molar-refractivity contribution is 5.82. The van der Waals surface area contributed by atoms with E-state index in [2.05, 4.69) is 16.0 Å². The summed E-state index contributed by atoms with van der Waals surface area (Å²) in [4.78, 5) is 63.6. The minimum Gasteiger partial charge on any atom is -0.480 e. The second kappa shape index (κ2) is 17.9. The number of nitrogens with one attached hydrogen (secondary N) is 3. The van der Waals surface area contributed by atoms with Gasteiger partial charge in [-0.1, -0.05) is 6.92 Å². The maximum absolute atomic E-state index is 11.9. The lowest BCUT2D eigenvalue weighted by Crippen LogP contribution is -2.48. The number of likely N-dealkylation sites (N-methyl/N-ethyl adjacent to an activating group) is 1. The van der Waals surface area contributed by atoms with E-state index in [1.165, 1.54) is 7.05 Å². The van der Waals surface area contributed by atoms with Crippen molar-refractivity contribution in [3.05, 3.63) is 0 Å². The first kappa shape index (κ1) is 30.4. The molecule has 0 unspecified atom stereocenters. The second-order valence-electron chi connectivity index (χ2n) is 7.26. The van der Waals surface area contributed by atoms with Gasteiger partial charge in [-0.2, -0.15) is 0 Å². The summed E-state index contributed by atoms with van der Waals surface area (Å²) >= 11 is 0. The van der Waals surface area contributed by atoms with E-state index in [4.69, 9.17) is 11.5 Å². The van der Waals surface area contributed by atoms with Gasteiger partial charge in [0.15, 0.2) is 0 Å². The zero-order valence-electron chi connectivity index (χ0n) is 19.5. The van der Waals surface area contributed by atoms with Crippen molar-refractivity contribution in [2.45, 2.75) is 13.3 Å². The largest absolute Gasteiger partial charge is 0.480 e. The molecule has 3 amide bonds. The molecule has 0 aromatic carbocycles. The topological polar surface area (TPSA) is 203 Å². The highest BCUT2D eigenvalue weighted by Gasteiger charge is 2.19. The quantitative estimate of drug-likeness (QED) is 0.0990. The Morgan fingerprint density at radius 2 is 1.12 bits per heavy atom. The van der Waals surface area contributed by atoms with Gasteiger partial charge in [-0.05, 0) is 0 Å². The summed E-state index contributed by atoms with van der Waals surface area (Å²) in [6.45, 7) is 2.23. The fourth-order valence-electron chi connectivity index (χ4n) is 2.84. The van der Waals surface area contributed by atoms with Gasteiger partial charge in [-0.15, -0.1) is 0 Å². The van der Waals surface area contributed by atoms with Gasteiger partial charge in [0, 0.05) is 39.6 Å². The molecule has 190 valence electrons. The van der Waals surface area contributed by atoms with Crippen LogP contribution in [0.25, 0.3) is 0 Å². The van der Waals surface area contributed by atoms with Gasteiger partial charge in [-0.25, -0.2) is 0 Å². The molecule has 0 atom stereocenters. The van der Waals surface area contributed by atoms with E-state index in [9.17, 15) is 29.1 Å². The van der Waals surface area contributed by atoms with Gasteiger partial charge in [0.2, 0.25) is 17.7 Å². The molecule has 0 saturated carbocycles. The first-order valence-corrected chi connectivity index (χ1v) is 10.7. The van der Waals surface area contributed by atoms with Crippen molar-refractivity contribution in [3.63, 3.8) is 0 Å². The molecule has 0 spiro atoms. The summed E-state index contributed by atoms with van der Waals surface area (Å²) in [5, 5.41) is 16.7. The van der Waals surface area contributed by atoms with E-state index in [0.717, 1.165) is 0 Å². The van der Waals surface area contributed by atoms with Gasteiger partial charge in [0.05, 0.1) is 46.1 Å². The molecule has 0 aliphatic rings. The summed E-state index contributed by atoms with van der Waals surface area (Å²) in [5.41, 5.74) is 10.6. The highest BCUT2D eigenvalue weighted by Crippen LogP contribution is 1.98. The molecule has 8 N–H and O–H groups in total. The number of carboxylic acids is 1. The normalized spacial score (nSPS) is 11.0. The molecule has 14 heteroatoms. The predicted octanol–water partition coefficient (Wildman–Crippen LogP) is -4.23. The number of nitrogens with two attached hydrogens (primary N) is 2. The number of aliphatic carboxylic acids is 1. The lowest BCUT2D eigenvalue weighted by molar-refractivity contribution is -0.139. The van der Waals surface area contributed by atoms with Crippen LogP contribution < -0.4 is 27.4 Å². The number of ketones is 1. The van der Waals surface area contributed by atoms with Gasteiger partial charge in [0.25, 0.3) is 0 Å². The third-order valence-corrected chi connectivity index (χ3v) is 4.60. The fraction of sp³-hybridized carbons (Fsp3) is 0.737. The number of carbonyl (C=O) groups is 5. The lowest BCUT2D eigenvalue weighted by atomic mass is 10.2. The van der Waals surface area contributed by atoms with Crippen LogP contribution in [0.3, 0.4) is 0 Å². The first-order chi connectivity index (χ1) is 15.6. The van der Waals surface area contributed by atoms with Crippen molar-refractivity contribution in [2.24, 2.45) is 11.5 Å². The minimum atomic E-state index is -1.05. The van der Waals surface area contributed by atoms with Crippen LogP contribution >= 0.6 is 0 Å². The standard InChI is InChI=1S/C19H38N8O6/c1-3-15(28)8-26(10-17(30)23-13-20)6-4-25(12-19(32)33)5-7-27(9-16(29)22-2)11-18(31)24-14-21/h3-14,20-21H2,1-2H3,(H,22,29)(H,23,30)(H,24,31)(H,32,33). The number of carboxylic acid groups (broad SMARTS) is 1. The van der Waals surface area contributed by atoms with Crippen molar-refractivity contribution in [1.82, 2.24) is 30.7 Å². The number of rotatable bonds is 19. The van der Waals surface area contributed by atoms with Crippen LogP contribution in [-0.4, -0.2) is 129 Å². The van der Waals surface area contributed by atoms with Gasteiger partial charge < -0.3 is 32.5 Å². The zero-order chi connectivity index (χ0) is 25.2. The van der Waals surface area contributed by atoms with Gasteiger partial charge >= 0.3 is 5.97 Å². The monoisotopic (exact) mass is 474 g/mol. The molecule has 0 heterocycles. The van der Waals surface area contributed by atoms with Crippen molar-refractivity contribution < 1.29 is 29.1 Å². The second-order valence-corrected chi connectivity index (χ2v) is 7.26. The third kappa shape index (κ3) is 15.7. The molecular weight excluding hydrogens is 436 g/mol. The Morgan fingerprint density at radius 1 is 0.697 bits per heavy atom. The van der Waals surface area contributed by atoms with Crippen LogP contribution in [0.15, 0.2) is 0 Å². The summed E-state index contributed by atoms with van der Waals surface area (Å²) in [5.74, 6) is -2.10. The van der Waals surface area contributed by atoms with E-state index in [0.29, 0.717) is 6.42 Å². The van der Waals surface area contributed by atoms with Crippen LogP contribution in [0.5, 0.6) is 0 Å². The Morgan fingerprint density at radius 3 is 1.52 bits per heavy atom. The van der Waals surface area contributed by atoms with Crippen molar-refractivity contribution >= 4 is 29.5 Å². The number of amides is 3. The highest BCUT2D eigenvalue weighted by atomic mass is 16.4. The molecule has 0 aromatic rings. The summed E-state index contributed by atoms with van der Waals surface area (Å²) in [6.07, 6.45) is 0.313. The van der Waals surface area contributed by atoms with E-state index in [1.807, 2.05) is 0 Å². The third-order valence-electron chi connectivity index (χ3n) is 4.60. The number of hydrogen-bond acceptors (Lipinski definition) is 10. The Hall–Kier alpha value is -2.65. The van der Waals surface area contributed by atoms with E-state index >= 15 is 0 Å². The Labute approximate surface area is 194 Å². The maximum Gasteiger partial charge on any atom is 0.317 e. The fourth-order valence-corrected chi connectivity index (χ4v) is 2.84. The summed E-state index contributed by atoms with van der Waals surface area (Å²) < 4.78 is 0.